The van der Waals surface area contributed by atoms with E-state index < -0.39 is 0 Å². The van der Waals surface area contributed by atoms with Crippen LogP contribution in [0, 0.1) is 5.82 Å². The van der Waals surface area contributed by atoms with Gasteiger partial charge in [0.1, 0.15) is 5.82 Å². The maximum Gasteiger partial charge on any atom is 0.126 e. The van der Waals surface area contributed by atoms with E-state index in [4.69, 9.17) is 0 Å². The summed E-state index contributed by atoms with van der Waals surface area (Å²) in [6.07, 6.45) is 3.13. The van der Waals surface area contributed by atoms with E-state index in [1.54, 1.807) is 6.07 Å². The van der Waals surface area contributed by atoms with Crippen molar-refractivity contribution in [2.45, 2.75) is 39.2 Å². The number of rotatable bonds is 6. The van der Waals surface area contributed by atoms with Gasteiger partial charge >= 0.3 is 0 Å². The number of hydrogen-bond donors (Lipinski definition) is 1. The normalized spacial score (nSPS) is 12.7. The third-order valence-electron chi connectivity index (χ3n) is 2.57. The van der Waals surface area contributed by atoms with Crippen molar-refractivity contribution in [3.63, 3.8) is 0 Å². The third kappa shape index (κ3) is 4.43. The Morgan fingerprint density at radius 2 is 2.07 bits per heavy atom. The predicted molar refractivity (Wildman–Crippen MR) is 62.5 cm³/mol. The van der Waals surface area contributed by atoms with Gasteiger partial charge < -0.3 is 5.32 Å². The van der Waals surface area contributed by atoms with Crippen molar-refractivity contribution in [1.82, 2.24) is 5.32 Å². The van der Waals surface area contributed by atoms with E-state index in [0.717, 1.165) is 18.5 Å². The number of benzene rings is 1. The van der Waals surface area contributed by atoms with Crippen LogP contribution in [-0.4, -0.2) is 12.6 Å². The van der Waals surface area contributed by atoms with Crippen LogP contribution in [0.2, 0.25) is 0 Å². The Kier molecular flexibility index (Phi) is 5.33. The number of nitrogens with one attached hydrogen (secondary N) is 1. The Bertz CT molecular complexity index is 286. The van der Waals surface area contributed by atoms with Crippen LogP contribution < -0.4 is 5.32 Å². The molecular formula is C13H20FN. The maximum atomic E-state index is 13.2. The second-order valence-corrected chi connectivity index (χ2v) is 3.99. The highest BCUT2D eigenvalue weighted by molar-refractivity contribution is 5.17. The second kappa shape index (κ2) is 6.57. The molecule has 0 aliphatic carbocycles. The van der Waals surface area contributed by atoms with E-state index in [1.165, 1.54) is 18.9 Å². The first-order valence-corrected chi connectivity index (χ1v) is 5.70. The summed E-state index contributed by atoms with van der Waals surface area (Å²) in [5.74, 6) is -0.0950. The summed E-state index contributed by atoms with van der Waals surface area (Å²) in [7, 11) is 0. The molecule has 0 saturated carbocycles. The summed E-state index contributed by atoms with van der Waals surface area (Å²) in [6.45, 7) is 5.20. The fourth-order valence-electron chi connectivity index (χ4n) is 1.69. The lowest BCUT2D eigenvalue weighted by molar-refractivity contribution is 0.507. The Morgan fingerprint density at radius 3 is 2.73 bits per heavy atom. The van der Waals surface area contributed by atoms with E-state index in [9.17, 15) is 4.39 Å². The first-order valence-electron chi connectivity index (χ1n) is 5.70. The van der Waals surface area contributed by atoms with E-state index >= 15 is 0 Å². The molecule has 0 amide bonds. The van der Waals surface area contributed by atoms with Crippen molar-refractivity contribution in [2.75, 3.05) is 6.54 Å². The van der Waals surface area contributed by atoms with Gasteiger partial charge in [-0.3, -0.25) is 0 Å². The van der Waals surface area contributed by atoms with Crippen LogP contribution in [0.5, 0.6) is 0 Å². The van der Waals surface area contributed by atoms with Crippen molar-refractivity contribution in [1.29, 1.82) is 0 Å². The third-order valence-corrected chi connectivity index (χ3v) is 2.57. The molecule has 1 unspecified atom stereocenters. The highest BCUT2D eigenvalue weighted by Gasteiger charge is 2.02. The van der Waals surface area contributed by atoms with Crippen LogP contribution in [0.3, 0.4) is 0 Å². The molecule has 0 saturated heterocycles. The molecular weight excluding hydrogens is 189 g/mol. The van der Waals surface area contributed by atoms with E-state index in [0.29, 0.717) is 6.04 Å². The van der Waals surface area contributed by atoms with E-state index in [2.05, 4.69) is 19.2 Å². The molecule has 0 bridgehead atoms. The van der Waals surface area contributed by atoms with Gasteiger partial charge in [0, 0.05) is 6.04 Å². The molecule has 0 spiro atoms. The summed E-state index contributed by atoms with van der Waals surface area (Å²) in [5.41, 5.74) is 0.800. The summed E-state index contributed by atoms with van der Waals surface area (Å²) in [6, 6.07) is 7.51. The van der Waals surface area contributed by atoms with Crippen LogP contribution in [0.4, 0.5) is 4.39 Å². The molecule has 1 nitrogen and oxygen atoms in total. The zero-order chi connectivity index (χ0) is 11.1. The largest absolute Gasteiger partial charge is 0.314 e. The topological polar surface area (TPSA) is 12.0 Å². The van der Waals surface area contributed by atoms with Gasteiger partial charge in [0.25, 0.3) is 0 Å². The lowest BCUT2D eigenvalue weighted by Gasteiger charge is -2.12. The highest BCUT2D eigenvalue weighted by Crippen LogP contribution is 2.06. The van der Waals surface area contributed by atoms with E-state index in [1.807, 2.05) is 12.1 Å². The first-order chi connectivity index (χ1) is 7.24. The van der Waals surface area contributed by atoms with Crippen LogP contribution in [0.1, 0.15) is 32.3 Å². The minimum atomic E-state index is -0.0950. The molecule has 1 aromatic carbocycles. The average molecular weight is 209 g/mol. The van der Waals surface area contributed by atoms with Crippen molar-refractivity contribution in [3.8, 4) is 0 Å². The predicted octanol–water partition coefficient (Wildman–Crippen LogP) is 3.15. The second-order valence-electron chi connectivity index (χ2n) is 3.99. The Labute approximate surface area is 91.7 Å². The van der Waals surface area contributed by atoms with Crippen molar-refractivity contribution < 1.29 is 4.39 Å². The lowest BCUT2D eigenvalue weighted by Crippen LogP contribution is -2.27. The summed E-state index contributed by atoms with van der Waals surface area (Å²) < 4.78 is 13.2. The minimum Gasteiger partial charge on any atom is -0.314 e. The molecule has 0 aliphatic heterocycles. The molecule has 15 heavy (non-hydrogen) atoms. The van der Waals surface area contributed by atoms with Crippen molar-refractivity contribution in [2.24, 2.45) is 0 Å². The van der Waals surface area contributed by atoms with Crippen LogP contribution in [0.25, 0.3) is 0 Å². The maximum absolute atomic E-state index is 13.2. The van der Waals surface area contributed by atoms with Gasteiger partial charge in [-0.15, -0.1) is 0 Å². The van der Waals surface area contributed by atoms with Gasteiger partial charge in [-0.25, -0.2) is 4.39 Å². The molecule has 0 heterocycles. The Balaban J connectivity index is 2.29. The summed E-state index contributed by atoms with van der Waals surface area (Å²) in [5, 5.41) is 3.39. The average Bonchev–Trinajstić information content (AvgIpc) is 2.21. The fourth-order valence-corrected chi connectivity index (χ4v) is 1.69. The standard InChI is InChI=1S/C13H20FN/c1-3-6-11(2)15-10-9-12-7-4-5-8-13(12)14/h4-5,7-8,11,15H,3,6,9-10H2,1-2H3. The highest BCUT2D eigenvalue weighted by atomic mass is 19.1. The fraction of sp³-hybridized carbons (Fsp3) is 0.538. The summed E-state index contributed by atoms with van der Waals surface area (Å²) >= 11 is 0. The number of halogens is 1. The molecule has 0 radical (unpaired) electrons. The lowest BCUT2D eigenvalue weighted by atomic mass is 10.1. The molecule has 84 valence electrons. The zero-order valence-electron chi connectivity index (χ0n) is 9.59. The smallest absolute Gasteiger partial charge is 0.126 e. The molecule has 1 rings (SSSR count). The van der Waals surface area contributed by atoms with E-state index in [-0.39, 0.29) is 5.82 Å². The van der Waals surface area contributed by atoms with Crippen molar-refractivity contribution in [3.05, 3.63) is 35.6 Å². The number of hydrogen-bond acceptors (Lipinski definition) is 1. The van der Waals surface area contributed by atoms with Crippen LogP contribution >= 0.6 is 0 Å². The molecule has 0 aromatic heterocycles. The molecule has 2 heteroatoms. The Hall–Kier alpha value is -0.890. The Morgan fingerprint density at radius 1 is 1.33 bits per heavy atom. The van der Waals surface area contributed by atoms with Gasteiger partial charge in [-0.1, -0.05) is 31.5 Å². The molecule has 0 fully saturated rings. The zero-order valence-corrected chi connectivity index (χ0v) is 9.59. The first kappa shape index (κ1) is 12.2. The molecule has 1 aromatic rings. The van der Waals surface area contributed by atoms with Gasteiger partial charge in [-0.05, 0) is 37.9 Å². The molecule has 1 atom stereocenters. The molecule has 1 N–H and O–H groups in total. The van der Waals surface area contributed by atoms with Crippen LogP contribution in [0.15, 0.2) is 24.3 Å². The minimum absolute atomic E-state index is 0.0950. The van der Waals surface area contributed by atoms with Gasteiger partial charge in [-0.2, -0.15) is 0 Å². The van der Waals surface area contributed by atoms with Gasteiger partial charge in [0.15, 0.2) is 0 Å². The van der Waals surface area contributed by atoms with Gasteiger partial charge in [0.2, 0.25) is 0 Å². The monoisotopic (exact) mass is 209 g/mol. The van der Waals surface area contributed by atoms with Crippen molar-refractivity contribution >= 4 is 0 Å². The molecule has 0 aliphatic rings. The van der Waals surface area contributed by atoms with Crippen LogP contribution in [-0.2, 0) is 6.42 Å². The quantitative estimate of drug-likeness (QED) is 0.759. The SMILES string of the molecule is CCCC(C)NCCc1ccccc1F. The summed E-state index contributed by atoms with van der Waals surface area (Å²) in [4.78, 5) is 0. The van der Waals surface area contributed by atoms with Gasteiger partial charge in [0.05, 0.1) is 0 Å².